The minimum atomic E-state index is -3.55. The van der Waals surface area contributed by atoms with Crippen LogP contribution in [0.1, 0.15) is 43.6 Å². The SMILES string of the molecule is CNS(=O)(=O)N[C@H]1CCN(c2cccnn2)C[C@H]1CO[C@H]1CC[C@@H](c2cccc(F)c2)CC1. The summed E-state index contributed by atoms with van der Waals surface area (Å²) in [6.07, 6.45) is 6.16. The number of aromatic nitrogens is 2. The van der Waals surface area contributed by atoms with E-state index in [9.17, 15) is 12.8 Å². The second kappa shape index (κ2) is 10.9. The smallest absolute Gasteiger partial charge is 0.276 e. The molecule has 8 nitrogen and oxygen atoms in total. The number of piperidine rings is 1. The molecule has 2 heterocycles. The van der Waals surface area contributed by atoms with E-state index in [0.717, 1.165) is 37.1 Å². The molecule has 1 saturated carbocycles. The summed E-state index contributed by atoms with van der Waals surface area (Å²) in [7, 11) is -2.15. The number of benzene rings is 1. The van der Waals surface area contributed by atoms with E-state index in [1.807, 2.05) is 18.2 Å². The predicted molar refractivity (Wildman–Crippen MR) is 125 cm³/mol. The van der Waals surface area contributed by atoms with Crippen LogP contribution in [0.4, 0.5) is 10.2 Å². The first kappa shape index (κ1) is 24.0. The summed E-state index contributed by atoms with van der Waals surface area (Å²) in [5.74, 6) is 0.932. The fourth-order valence-corrected chi connectivity index (χ4v) is 5.69. The monoisotopic (exact) mass is 477 g/mol. The molecule has 1 aromatic heterocycles. The lowest BCUT2D eigenvalue weighted by molar-refractivity contribution is -0.00218. The van der Waals surface area contributed by atoms with Gasteiger partial charge in [0.25, 0.3) is 10.2 Å². The van der Waals surface area contributed by atoms with Crippen LogP contribution in [0, 0.1) is 11.7 Å². The molecule has 1 aliphatic heterocycles. The summed E-state index contributed by atoms with van der Waals surface area (Å²) in [4.78, 5) is 2.13. The first-order valence-corrected chi connectivity index (χ1v) is 13.0. The van der Waals surface area contributed by atoms with Gasteiger partial charge in [0, 0.05) is 38.3 Å². The predicted octanol–water partition coefficient (Wildman–Crippen LogP) is 2.61. The molecular formula is C23H32FN5O3S. The molecule has 2 aromatic rings. The van der Waals surface area contributed by atoms with Crippen LogP contribution in [0.2, 0.25) is 0 Å². The van der Waals surface area contributed by atoms with Crippen LogP contribution in [0.15, 0.2) is 42.6 Å². The minimum Gasteiger partial charge on any atom is -0.378 e. The van der Waals surface area contributed by atoms with Crippen molar-refractivity contribution in [2.75, 3.05) is 31.6 Å². The van der Waals surface area contributed by atoms with E-state index in [4.69, 9.17) is 4.74 Å². The van der Waals surface area contributed by atoms with Gasteiger partial charge in [-0.05, 0) is 67.9 Å². The van der Waals surface area contributed by atoms with Gasteiger partial charge in [-0.25, -0.2) is 9.11 Å². The lowest BCUT2D eigenvalue weighted by atomic mass is 9.82. The molecule has 1 aliphatic carbocycles. The Morgan fingerprint density at radius 3 is 2.67 bits per heavy atom. The largest absolute Gasteiger partial charge is 0.378 e. The summed E-state index contributed by atoms with van der Waals surface area (Å²) in [5, 5.41) is 8.17. The van der Waals surface area contributed by atoms with E-state index in [1.165, 1.54) is 13.1 Å². The summed E-state index contributed by atoms with van der Waals surface area (Å²) in [5.41, 5.74) is 1.06. The summed E-state index contributed by atoms with van der Waals surface area (Å²) in [6, 6.07) is 10.4. The molecule has 1 aromatic carbocycles. The van der Waals surface area contributed by atoms with E-state index in [-0.39, 0.29) is 23.9 Å². The van der Waals surface area contributed by atoms with Gasteiger partial charge in [0.05, 0.1) is 12.7 Å². The number of nitrogens with zero attached hydrogens (tertiary/aromatic N) is 3. The quantitative estimate of drug-likeness (QED) is 0.607. The van der Waals surface area contributed by atoms with Gasteiger partial charge in [-0.2, -0.15) is 18.2 Å². The Morgan fingerprint density at radius 2 is 1.97 bits per heavy atom. The lowest BCUT2D eigenvalue weighted by Gasteiger charge is -2.40. The Kier molecular flexibility index (Phi) is 7.90. The van der Waals surface area contributed by atoms with Gasteiger partial charge < -0.3 is 9.64 Å². The van der Waals surface area contributed by atoms with Crippen LogP contribution in [0.25, 0.3) is 0 Å². The minimum absolute atomic E-state index is 0.0233. The molecule has 2 N–H and O–H groups in total. The van der Waals surface area contributed by atoms with Crippen LogP contribution in [-0.2, 0) is 14.9 Å². The van der Waals surface area contributed by atoms with Gasteiger partial charge in [0.1, 0.15) is 5.82 Å². The van der Waals surface area contributed by atoms with Crippen molar-refractivity contribution < 1.29 is 17.5 Å². The normalized spacial score (nSPS) is 26.3. The maximum atomic E-state index is 13.6. The second-order valence-electron chi connectivity index (χ2n) is 8.87. The fraction of sp³-hybridized carbons (Fsp3) is 0.565. The Hall–Kier alpha value is -2.14. The highest BCUT2D eigenvalue weighted by atomic mass is 32.2. The number of nitrogens with one attached hydrogen (secondary N) is 2. The van der Waals surface area contributed by atoms with E-state index >= 15 is 0 Å². The van der Waals surface area contributed by atoms with E-state index in [0.29, 0.717) is 32.0 Å². The molecule has 2 aliphatic rings. The number of anilines is 1. The number of hydrogen-bond donors (Lipinski definition) is 2. The molecular weight excluding hydrogens is 445 g/mol. The van der Waals surface area contributed by atoms with Crippen molar-refractivity contribution in [3.05, 3.63) is 54.0 Å². The zero-order chi connectivity index (χ0) is 23.3. The highest BCUT2D eigenvalue weighted by molar-refractivity contribution is 7.87. The summed E-state index contributed by atoms with van der Waals surface area (Å²) >= 11 is 0. The van der Waals surface area contributed by atoms with Crippen molar-refractivity contribution >= 4 is 16.0 Å². The standard InChI is InChI=1S/C23H32FN5O3S/c1-25-33(30,31)28-22-11-13-29(23-6-3-12-26-27-23)15-19(22)16-32-21-9-7-17(8-10-21)18-4-2-5-20(24)14-18/h2-6,12,14,17,19,21-22,25,28H,7-11,13,15-16H2,1H3/t17-,19-,21+,22-/m0/s1. The van der Waals surface area contributed by atoms with E-state index in [2.05, 4.69) is 24.5 Å². The van der Waals surface area contributed by atoms with Crippen molar-refractivity contribution in [1.82, 2.24) is 19.6 Å². The Morgan fingerprint density at radius 1 is 1.15 bits per heavy atom. The molecule has 0 bridgehead atoms. The third kappa shape index (κ3) is 6.47. The van der Waals surface area contributed by atoms with Gasteiger partial charge in [-0.1, -0.05) is 12.1 Å². The topological polar surface area (TPSA) is 96.5 Å². The second-order valence-corrected chi connectivity index (χ2v) is 10.5. The molecule has 10 heteroatoms. The van der Waals surface area contributed by atoms with Crippen LogP contribution in [0.5, 0.6) is 0 Å². The summed E-state index contributed by atoms with van der Waals surface area (Å²) in [6.45, 7) is 1.78. The zero-order valence-electron chi connectivity index (χ0n) is 18.9. The van der Waals surface area contributed by atoms with Gasteiger partial charge >= 0.3 is 0 Å². The molecule has 0 unspecified atom stereocenters. The molecule has 0 amide bonds. The molecule has 2 fully saturated rings. The zero-order valence-corrected chi connectivity index (χ0v) is 19.7. The molecule has 180 valence electrons. The maximum Gasteiger partial charge on any atom is 0.276 e. The molecule has 1 saturated heterocycles. The lowest BCUT2D eigenvalue weighted by Crippen LogP contribution is -2.54. The third-order valence-corrected chi connectivity index (χ3v) is 7.88. The van der Waals surface area contributed by atoms with Crippen molar-refractivity contribution in [3.8, 4) is 0 Å². The molecule has 4 rings (SSSR count). The van der Waals surface area contributed by atoms with Crippen molar-refractivity contribution in [2.24, 2.45) is 5.92 Å². The van der Waals surface area contributed by atoms with Gasteiger partial charge in [-0.15, -0.1) is 5.10 Å². The van der Waals surface area contributed by atoms with Gasteiger partial charge in [-0.3, -0.25) is 0 Å². The van der Waals surface area contributed by atoms with Crippen molar-refractivity contribution in [1.29, 1.82) is 0 Å². The van der Waals surface area contributed by atoms with Crippen molar-refractivity contribution in [2.45, 2.75) is 50.2 Å². The highest BCUT2D eigenvalue weighted by Crippen LogP contribution is 2.34. The molecule has 0 radical (unpaired) electrons. The fourth-order valence-electron chi connectivity index (χ4n) is 4.87. The van der Waals surface area contributed by atoms with Crippen molar-refractivity contribution in [3.63, 3.8) is 0 Å². The Balaban J connectivity index is 1.35. The average Bonchev–Trinajstić information content (AvgIpc) is 2.84. The van der Waals surface area contributed by atoms with E-state index < -0.39 is 10.2 Å². The number of hydrogen-bond acceptors (Lipinski definition) is 6. The van der Waals surface area contributed by atoms with Crippen LogP contribution in [0.3, 0.4) is 0 Å². The van der Waals surface area contributed by atoms with Crippen LogP contribution < -0.4 is 14.3 Å². The molecule has 33 heavy (non-hydrogen) atoms. The number of rotatable bonds is 8. The Bertz CT molecular complexity index is 1000. The molecule has 0 spiro atoms. The van der Waals surface area contributed by atoms with Crippen LogP contribution >= 0.6 is 0 Å². The number of halogens is 1. The first-order chi connectivity index (χ1) is 15.9. The number of ether oxygens (including phenoxy) is 1. The molecule has 2 atom stereocenters. The average molecular weight is 478 g/mol. The summed E-state index contributed by atoms with van der Waals surface area (Å²) < 4.78 is 49.3. The van der Waals surface area contributed by atoms with Gasteiger partial charge in [0.15, 0.2) is 5.82 Å². The van der Waals surface area contributed by atoms with E-state index in [1.54, 1.807) is 18.3 Å². The van der Waals surface area contributed by atoms with Crippen LogP contribution in [-0.4, -0.2) is 57.5 Å². The Labute approximate surface area is 195 Å². The van der Waals surface area contributed by atoms with Gasteiger partial charge in [0.2, 0.25) is 0 Å². The first-order valence-electron chi connectivity index (χ1n) is 11.5. The maximum absolute atomic E-state index is 13.6. The third-order valence-electron chi connectivity index (χ3n) is 6.73. The highest BCUT2D eigenvalue weighted by Gasteiger charge is 2.34.